The zero-order valence-electron chi connectivity index (χ0n) is 29.3. The fourth-order valence-electron chi connectivity index (χ4n) is 5.84. The fraction of sp³-hybridized carbons (Fsp3) is 0.462. The number of hydrogen-bond acceptors (Lipinski definition) is 8. The molecule has 6 atom stereocenters. The number of carboxylic acids is 1. The lowest BCUT2D eigenvalue weighted by atomic mass is 9.89. The zero-order chi connectivity index (χ0) is 35.9. The third kappa shape index (κ3) is 12.9. The van der Waals surface area contributed by atoms with Crippen LogP contribution in [0.5, 0.6) is 0 Å². The van der Waals surface area contributed by atoms with E-state index in [-0.39, 0.29) is 32.1 Å². The maximum absolute atomic E-state index is 12.7. The summed E-state index contributed by atoms with van der Waals surface area (Å²) in [6, 6.07) is 27.5. The second-order valence-electron chi connectivity index (χ2n) is 13.4. The number of carbonyl (C=O) groups is 3. The lowest BCUT2D eigenvalue weighted by molar-refractivity contribution is -0.233. The Hall–Kier alpha value is -4.29. The van der Waals surface area contributed by atoms with Gasteiger partial charge in [-0.1, -0.05) is 91.0 Å². The number of benzene rings is 3. The lowest BCUT2D eigenvalue weighted by Crippen LogP contribution is -2.65. The minimum atomic E-state index is -1.18. The molecule has 1 aliphatic heterocycles. The third-order valence-corrected chi connectivity index (χ3v) is 8.10. The first-order chi connectivity index (χ1) is 24.0. The van der Waals surface area contributed by atoms with Gasteiger partial charge in [-0.15, -0.1) is 0 Å². The van der Waals surface area contributed by atoms with E-state index in [1.807, 2.05) is 91.0 Å². The van der Waals surface area contributed by atoms with Gasteiger partial charge >= 0.3 is 12.1 Å². The van der Waals surface area contributed by atoms with E-state index >= 15 is 0 Å². The van der Waals surface area contributed by atoms with Gasteiger partial charge in [-0.05, 0) is 56.7 Å². The summed E-state index contributed by atoms with van der Waals surface area (Å²) < 4.78 is 31.4. The van der Waals surface area contributed by atoms with Crippen LogP contribution < -0.4 is 10.6 Å². The smallest absolute Gasteiger partial charge is 0.408 e. The molecule has 0 saturated carbocycles. The molecule has 0 unspecified atom stereocenters. The van der Waals surface area contributed by atoms with Gasteiger partial charge in [-0.25, -0.2) is 9.59 Å². The summed E-state index contributed by atoms with van der Waals surface area (Å²) in [6.07, 6.45) is -2.45. The van der Waals surface area contributed by atoms with E-state index in [1.54, 1.807) is 20.8 Å². The van der Waals surface area contributed by atoms with Crippen molar-refractivity contribution in [3.8, 4) is 0 Å². The molecule has 1 saturated heterocycles. The van der Waals surface area contributed by atoms with E-state index in [9.17, 15) is 19.5 Å². The average Bonchev–Trinajstić information content (AvgIpc) is 3.07. The number of carboxylic acid groups (broad SMARTS) is 1. The molecule has 0 radical (unpaired) electrons. The van der Waals surface area contributed by atoms with Crippen LogP contribution in [-0.2, 0) is 53.1 Å². The van der Waals surface area contributed by atoms with Crippen LogP contribution in [0.15, 0.2) is 91.0 Å². The summed E-state index contributed by atoms with van der Waals surface area (Å²) in [6.45, 7) is 7.64. The summed E-state index contributed by atoms with van der Waals surface area (Å²) in [7, 11) is 0. The van der Waals surface area contributed by atoms with E-state index in [0.717, 1.165) is 16.7 Å². The van der Waals surface area contributed by atoms with Gasteiger partial charge in [0.05, 0.1) is 38.6 Å². The number of ether oxygens (including phenoxy) is 5. The van der Waals surface area contributed by atoms with Crippen molar-refractivity contribution in [3.63, 3.8) is 0 Å². The molecule has 11 heteroatoms. The van der Waals surface area contributed by atoms with E-state index in [1.165, 1.54) is 6.92 Å². The Morgan fingerprint density at radius 1 is 0.780 bits per heavy atom. The van der Waals surface area contributed by atoms with Crippen molar-refractivity contribution in [2.24, 2.45) is 0 Å². The number of aliphatic carboxylic acids is 1. The van der Waals surface area contributed by atoms with Crippen LogP contribution in [0.3, 0.4) is 0 Å². The van der Waals surface area contributed by atoms with Gasteiger partial charge in [0.2, 0.25) is 5.91 Å². The third-order valence-electron chi connectivity index (χ3n) is 8.10. The van der Waals surface area contributed by atoms with Gasteiger partial charge in [0.25, 0.3) is 0 Å². The number of rotatable bonds is 17. The summed E-state index contributed by atoms with van der Waals surface area (Å²) in [5.41, 5.74) is 2.15. The van der Waals surface area contributed by atoms with E-state index in [0.29, 0.717) is 19.4 Å². The Bertz CT molecular complexity index is 1470. The predicted molar refractivity (Wildman–Crippen MR) is 187 cm³/mol. The number of nitrogens with one attached hydrogen (secondary N) is 2. The molecule has 3 aromatic carbocycles. The van der Waals surface area contributed by atoms with E-state index in [4.69, 9.17) is 23.7 Å². The molecule has 1 heterocycles. The Balaban J connectivity index is 1.58. The molecule has 1 fully saturated rings. The standard InChI is InChI=1S/C39H50N2O9/c1-27(42)40-34-32(22-14-21-31(37(43)44)41-38(45)50-39(2,3)4)49-33(26-46-23-28-15-8-5-9-16-28)35(47-24-29-17-10-6-11-18-29)36(34)48-25-30-19-12-7-13-20-30/h5-13,15-20,31-36H,14,21-26H2,1-4H3,(H,40,42)(H,41,45)(H,43,44)/t31-,32-,33+,34-,35-,36+/m0/s1. The van der Waals surface area contributed by atoms with Crippen LogP contribution >= 0.6 is 0 Å². The maximum atomic E-state index is 12.7. The predicted octanol–water partition coefficient (Wildman–Crippen LogP) is 5.79. The van der Waals surface area contributed by atoms with Gasteiger partial charge in [-0.2, -0.15) is 0 Å². The van der Waals surface area contributed by atoms with Crippen LogP contribution in [0.25, 0.3) is 0 Å². The van der Waals surface area contributed by atoms with Gasteiger partial charge in [0.15, 0.2) is 0 Å². The van der Waals surface area contributed by atoms with Crippen LogP contribution in [-0.4, -0.2) is 71.8 Å². The monoisotopic (exact) mass is 690 g/mol. The quantitative estimate of drug-likeness (QED) is 0.160. The molecule has 0 spiro atoms. The van der Waals surface area contributed by atoms with Crippen LogP contribution in [0.4, 0.5) is 4.79 Å². The van der Waals surface area contributed by atoms with Gasteiger partial charge < -0.3 is 39.4 Å². The van der Waals surface area contributed by atoms with Crippen LogP contribution in [0.1, 0.15) is 63.6 Å². The molecule has 0 bridgehead atoms. The van der Waals surface area contributed by atoms with E-state index in [2.05, 4.69) is 10.6 Å². The molecule has 0 aliphatic carbocycles. The zero-order valence-corrected chi connectivity index (χ0v) is 29.3. The SMILES string of the molecule is CC(=O)N[C@@H]1[C@@H](OCc2ccccc2)[C@@H](OCc2ccccc2)[C@@H](COCc2ccccc2)O[C@H]1CCC[C@H](NC(=O)OC(C)(C)C)C(=O)O. The van der Waals surface area contributed by atoms with Crippen molar-refractivity contribution in [3.05, 3.63) is 108 Å². The highest BCUT2D eigenvalue weighted by molar-refractivity contribution is 5.80. The average molecular weight is 691 g/mol. The molecule has 1 aliphatic rings. The summed E-state index contributed by atoms with van der Waals surface area (Å²) in [5, 5.41) is 15.4. The second kappa shape index (κ2) is 19.2. The maximum Gasteiger partial charge on any atom is 0.408 e. The Morgan fingerprint density at radius 3 is 1.80 bits per heavy atom. The summed E-state index contributed by atoms with van der Waals surface area (Å²) in [4.78, 5) is 37.1. The second-order valence-corrected chi connectivity index (χ2v) is 13.4. The highest BCUT2D eigenvalue weighted by Crippen LogP contribution is 2.31. The fourth-order valence-corrected chi connectivity index (χ4v) is 5.84. The Morgan fingerprint density at radius 2 is 1.30 bits per heavy atom. The first kappa shape index (κ1) is 38.5. The van der Waals surface area contributed by atoms with E-state index < -0.39 is 54.2 Å². The molecule has 3 aromatic rings. The summed E-state index contributed by atoms with van der Waals surface area (Å²) >= 11 is 0. The first-order valence-electron chi connectivity index (χ1n) is 17.1. The summed E-state index contributed by atoms with van der Waals surface area (Å²) in [5.74, 6) is -1.45. The van der Waals surface area contributed by atoms with Gasteiger partial charge in [-0.3, -0.25) is 4.79 Å². The van der Waals surface area contributed by atoms with Gasteiger partial charge in [0.1, 0.15) is 30.0 Å². The highest BCUT2D eigenvalue weighted by atomic mass is 16.6. The molecule has 2 amide bonds. The molecule has 270 valence electrons. The first-order valence-corrected chi connectivity index (χ1v) is 17.1. The Kier molecular flexibility index (Phi) is 14.8. The molecular weight excluding hydrogens is 640 g/mol. The van der Waals surface area contributed by atoms with Crippen molar-refractivity contribution >= 4 is 18.0 Å². The molecule has 3 N–H and O–H groups in total. The minimum Gasteiger partial charge on any atom is -0.480 e. The van der Waals surface area contributed by atoms with Crippen molar-refractivity contribution < 1.29 is 43.2 Å². The largest absolute Gasteiger partial charge is 0.480 e. The molecule has 4 rings (SSSR count). The van der Waals surface area contributed by atoms with Crippen molar-refractivity contribution in [2.75, 3.05) is 6.61 Å². The van der Waals surface area contributed by atoms with Gasteiger partial charge in [0, 0.05) is 6.92 Å². The number of carbonyl (C=O) groups excluding carboxylic acids is 2. The number of hydrogen-bond donors (Lipinski definition) is 3. The molecular formula is C39H50N2O9. The minimum absolute atomic E-state index is 0.111. The van der Waals surface area contributed by atoms with Crippen LogP contribution in [0.2, 0.25) is 0 Å². The lowest BCUT2D eigenvalue weighted by Gasteiger charge is -2.47. The molecule has 0 aromatic heterocycles. The molecule has 11 nitrogen and oxygen atoms in total. The topological polar surface area (TPSA) is 142 Å². The number of amides is 2. The highest BCUT2D eigenvalue weighted by Gasteiger charge is 2.48. The van der Waals surface area contributed by atoms with Crippen molar-refractivity contribution in [1.82, 2.24) is 10.6 Å². The number of alkyl carbamates (subject to hydrolysis) is 1. The van der Waals surface area contributed by atoms with Crippen molar-refractivity contribution in [1.29, 1.82) is 0 Å². The normalized spacial score (nSPS) is 21.2. The molecule has 50 heavy (non-hydrogen) atoms. The van der Waals surface area contributed by atoms with Crippen LogP contribution in [0, 0.1) is 0 Å². The Labute approximate surface area is 294 Å². The van der Waals surface area contributed by atoms with Crippen molar-refractivity contribution in [2.45, 2.75) is 109 Å².